The quantitative estimate of drug-likeness (QED) is 0.686. The van der Waals surface area contributed by atoms with E-state index in [0.717, 1.165) is 0 Å². The lowest BCUT2D eigenvalue weighted by atomic mass is 10.0. The van der Waals surface area contributed by atoms with E-state index >= 15 is 0 Å². The van der Waals surface area contributed by atoms with Gasteiger partial charge < -0.3 is 10.4 Å². The maximum atomic E-state index is 11.8. The molecule has 1 aliphatic carbocycles. The lowest BCUT2D eigenvalue weighted by molar-refractivity contribution is -0.133. The zero-order chi connectivity index (χ0) is 15.9. The Morgan fingerprint density at radius 3 is 1.75 bits per heavy atom. The Morgan fingerprint density at radius 1 is 0.950 bits per heavy atom. The molecule has 6 nitrogen and oxygen atoms in total. The topological polar surface area (TPSA) is 95.5 Å². The summed E-state index contributed by atoms with van der Waals surface area (Å²) in [4.78, 5) is 34.2. The molecular weight excluding hydrogens is 260 g/mol. The SMILES string of the molecule is CC(C(=O)O)=C(C)C(=O)NC(=O)NC1C(C)(C)C1(C)C. The van der Waals surface area contributed by atoms with Gasteiger partial charge in [0.05, 0.1) is 0 Å². The van der Waals surface area contributed by atoms with E-state index < -0.39 is 17.9 Å². The number of hydrogen-bond donors (Lipinski definition) is 3. The van der Waals surface area contributed by atoms with Crippen LogP contribution in [-0.2, 0) is 9.59 Å². The zero-order valence-electron chi connectivity index (χ0n) is 12.7. The average Bonchev–Trinajstić information content (AvgIpc) is 2.69. The molecule has 0 saturated heterocycles. The molecule has 0 spiro atoms. The number of imide groups is 1. The van der Waals surface area contributed by atoms with Gasteiger partial charge in [-0.15, -0.1) is 0 Å². The Kier molecular flexibility index (Phi) is 3.99. The van der Waals surface area contributed by atoms with E-state index in [9.17, 15) is 14.4 Å². The molecule has 0 aromatic heterocycles. The van der Waals surface area contributed by atoms with Crippen LogP contribution in [0.25, 0.3) is 0 Å². The molecule has 0 aromatic rings. The monoisotopic (exact) mass is 282 g/mol. The third kappa shape index (κ3) is 2.69. The summed E-state index contributed by atoms with van der Waals surface area (Å²) in [7, 11) is 0. The molecule has 3 N–H and O–H groups in total. The van der Waals surface area contributed by atoms with Gasteiger partial charge in [0.1, 0.15) is 0 Å². The fraction of sp³-hybridized carbons (Fsp3) is 0.643. The maximum Gasteiger partial charge on any atom is 0.331 e. The first-order valence-corrected chi connectivity index (χ1v) is 6.45. The number of carbonyl (C=O) groups excluding carboxylic acids is 2. The van der Waals surface area contributed by atoms with Gasteiger partial charge in [0, 0.05) is 17.2 Å². The van der Waals surface area contributed by atoms with Crippen molar-refractivity contribution in [1.82, 2.24) is 10.6 Å². The summed E-state index contributed by atoms with van der Waals surface area (Å²) in [6.45, 7) is 10.9. The van der Waals surface area contributed by atoms with Crippen LogP contribution in [0.3, 0.4) is 0 Å². The largest absolute Gasteiger partial charge is 0.478 e. The Labute approximate surface area is 118 Å². The smallest absolute Gasteiger partial charge is 0.331 e. The lowest BCUT2D eigenvalue weighted by Gasteiger charge is -2.09. The molecule has 0 radical (unpaired) electrons. The van der Waals surface area contributed by atoms with Crippen LogP contribution >= 0.6 is 0 Å². The number of amides is 3. The van der Waals surface area contributed by atoms with E-state index in [2.05, 4.69) is 10.6 Å². The Morgan fingerprint density at radius 2 is 1.40 bits per heavy atom. The second-order valence-corrected chi connectivity index (χ2v) is 6.36. The molecule has 1 fully saturated rings. The van der Waals surface area contributed by atoms with Gasteiger partial charge in [-0.05, 0) is 24.7 Å². The fourth-order valence-electron chi connectivity index (χ4n) is 2.25. The van der Waals surface area contributed by atoms with E-state index in [1.807, 2.05) is 27.7 Å². The van der Waals surface area contributed by atoms with Crippen LogP contribution in [0, 0.1) is 10.8 Å². The second kappa shape index (κ2) is 4.92. The average molecular weight is 282 g/mol. The van der Waals surface area contributed by atoms with Crippen molar-refractivity contribution in [3.05, 3.63) is 11.1 Å². The van der Waals surface area contributed by atoms with Crippen molar-refractivity contribution in [3.63, 3.8) is 0 Å². The van der Waals surface area contributed by atoms with Crippen molar-refractivity contribution in [3.8, 4) is 0 Å². The summed E-state index contributed by atoms with van der Waals surface area (Å²) < 4.78 is 0. The van der Waals surface area contributed by atoms with Crippen LogP contribution in [0.2, 0.25) is 0 Å². The Hall–Kier alpha value is -1.85. The van der Waals surface area contributed by atoms with Crippen molar-refractivity contribution in [2.24, 2.45) is 10.8 Å². The highest BCUT2D eigenvalue weighted by Crippen LogP contribution is 2.62. The summed E-state index contributed by atoms with van der Waals surface area (Å²) in [6.07, 6.45) is 0. The van der Waals surface area contributed by atoms with E-state index in [0.29, 0.717) is 0 Å². The van der Waals surface area contributed by atoms with Crippen LogP contribution in [0.1, 0.15) is 41.5 Å². The highest BCUT2D eigenvalue weighted by molar-refractivity contribution is 6.07. The number of rotatable bonds is 3. The van der Waals surface area contributed by atoms with Gasteiger partial charge >= 0.3 is 12.0 Å². The molecule has 0 unspecified atom stereocenters. The van der Waals surface area contributed by atoms with Crippen LogP contribution in [0.15, 0.2) is 11.1 Å². The highest BCUT2D eigenvalue weighted by atomic mass is 16.4. The first-order chi connectivity index (χ1) is 8.92. The molecule has 1 saturated carbocycles. The van der Waals surface area contributed by atoms with Crippen LogP contribution in [0.5, 0.6) is 0 Å². The number of carboxylic acids is 1. The van der Waals surface area contributed by atoms with E-state index in [1.54, 1.807) is 0 Å². The molecule has 0 bridgehead atoms. The van der Waals surface area contributed by atoms with Crippen molar-refractivity contribution >= 4 is 17.9 Å². The third-order valence-corrected chi connectivity index (χ3v) is 4.75. The summed E-state index contributed by atoms with van der Waals surface area (Å²) in [5, 5.41) is 13.7. The molecule has 0 atom stereocenters. The minimum Gasteiger partial charge on any atom is -0.478 e. The summed E-state index contributed by atoms with van der Waals surface area (Å²) in [6, 6.07) is -0.621. The number of carboxylic acid groups (broad SMARTS) is 1. The Bertz CT molecular complexity index is 489. The van der Waals surface area contributed by atoms with Gasteiger partial charge in [0.25, 0.3) is 5.91 Å². The molecule has 20 heavy (non-hydrogen) atoms. The first kappa shape index (κ1) is 16.2. The molecule has 3 amide bonds. The molecule has 6 heteroatoms. The van der Waals surface area contributed by atoms with E-state index in [-0.39, 0.29) is 28.0 Å². The summed E-state index contributed by atoms with van der Waals surface area (Å²) in [5.41, 5.74) is -0.130. The lowest BCUT2D eigenvalue weighted by Crippen LogP contribution is -2.42. The number of hydrogen-bond acceptors (Lipinski definition) is 3. The van der Waals surface area contributed by atoms with Crippen LogP contribution in [-0.4, -0.2) is 29.1 Å². The van der Waals surface area contributed by atoms with E-state index in [1.165, 1.54) is 13.8 Å². The number of nitrogens with one attached hydrogen (secondary N) is 2. The molecular formula is C14H22N2O4. The van der Waals surface area contributed by atoms with E-state index in [4.69, 9.17) is 5.11 Å². The number of urea groups is 1. The molecule has 0 aromatic carbocycles. The molecule has 0 heterocycles. The van der Waals surface area contributed by atoms with Gasteiger partial charge in [-0.2, -0.15) is 0 Å². The molecule has 1 rings (SSSR count). The molecule has 0 aliphatic heterocycles. The minimum absolute atomic E-state index is 0.0157. The van der Waals surface area contributed by atoms with Crippen molar-refractivity contribution in [2.45, 2.75) is 47.6 Å². The van der Waals surface area contributed by atoms with Gasteiger partial charge in [-0.1, -0.05) is 27.7 Å². The minimum atomic E-state index is -1.18. The maximum absolute atomic E-state index is 11.8. The second-order valence-electron chi connectivity index (χ2n) is 6.36. The molecule has 112 valence electrons. The fourth-order valence-corrected chi connectivity index (χ4v) is 2.25. The predicted octanol–water partition coefficient (Wildman–Crippen LogP) is 1.67. The third-order valence-electron chi connectivity index (χ3n) is 4.75. The summed E-state index contributed by atoms with van der Waals surface area (Å²) >= 11 is 0. The highest BCUT2D eigenvalue weighted by Gasteiger charge is 2.65. The standard InChI is InChI=1S/C14H22N2O4/c1-7(8(2)10(18)19)9(17)15-12(20)16-11-13(3,4)14(11,5)6/h11H,1-6H3,(H,18,19)(H2,15,16,17,20). The van der Waals surface area contributed by atoms with Crippen molar-refractivity contribution in [1.29, 1.82) is 0 Å². The van der Waals surface area contributed by atoms with Crippen molar-refractivity contribution in [2.75, 3.05) is 0 Å². The van der Waals surface area contributed by atoms with Crippen molar-refractivity contribution < 1.29 is 19.5 Å². The first-order valence-electron chi connectivity index (χ1n) is 6.45. The van der Waals surface area contributed by atoms with Gasteiger partial charge in [0.2, 0.25) is 0 Å². The van der Waals surface area contributed by atoms with Crippen LogP contribution < -0.4 is 10.6 Å². The summed E-state index contributed by atoms with van der Waals surface area (Å²) in [5.74, 6) is -1.87. The Balaban J connectivity index is 2.64. The number of carbonyl (C=O) groups is 3. The van der Waals surface area contributed by atoms with Gasteiger partial charge in [-0.3, -0.25) is 10.1 Å². The van der Waals surface area contributed by atoms with Gasteiger partial charge in [-0.25, -0.2) is 9.59 Å². The number of aliphatic carboxylic acids is 1. The molecule has 1 aliphatic rings. The van der Waals surface area contributed by atoms with Gasteiger partial charge in [0.15, 0.2) is 0 Å². The van der Waals surface area contributed by atoms with Crippen LogP contribution in [0.4, 0.5) is 4.79 Å². The predicted molar refractivity (Wildman–Crippen MR) is 74.0 cm³/mol. The normalized spacial score (nSPS) is 20.7. The zero-order valence-corrected chi connectivity index (χ0v) is 12.7.